The standard InChI is InChI=1S/C29H29F6N/c1-6-27(5,36-26-19(3)15-18(2)16-20(26)4)23-11-8-21(9-12-23)7-10-22-17-24(28(30,31)32)13-14-25(22)29(33,34)35/h7-17,36H,6H2,1-5H3. The summed E-state index contributed by atoms with van der Waals surface area (Å²) < 4.78 is 79.3. The van der Waals surface area contributed by atoms with Crippen molar-refractivity contribution in [2.75, 3.05) is 5.32 Å². The van der Waals surface area contributed by atoms with Crippen LogP contribution in [-0.4, -0.2) is 0 Å². The smallest absolute Gasteiger partial charge is 0.375 e. The first-order chi connectivity index (χ1) is 16.6. The van der Waals surface area contributed by atoms with Crippen LogP contribution in [0.5, 0.6) is 0 Å². The van der Waals surface area contributed by atoms with Gasteiger partial charge in [-0.25, -0.2) is 0 Å². The SMILES string of the molecule is CCC(C)(Nc1c(C)cc(C)cc1C)c1ccc(C=Cc2cc(C(F)(F)F)ccc2C(F)(F)F)cc1. The number of alkyl halides is 6. The third kappa shape index (κ3) is 6.12. The van der Waals surface area contributed by atoms with Gasteiger partial charge in [-0.1, -0.05) is 61.0 Å². The second-order valence-corrected chi connectivity index (χ2v) is 9.34. The molecule has 36 heavy (non-hydrogen) atoms. The van der Waals surface area contributed by atoms with E-state index >= 15 is 0 Å². The van der Waals surface area contributed by atoms with Gasteiger partial charge in [0.2, 0.25) is 0 Å². The number of benzene rings is 3. The van der Waals surface area contributed by atoms with Crippen LogP contribution in [0, 0.1) is 20.8 Å². The van der Waals surface area contributed by atoms with Crippen LogP contribution in [-0.2, 0) is 17.9 Å². The Morgan fingerprint density at radius 3 is 1.78 bits per heavy atom. The summed E-state index contributed by atoms with van der Waals surface area (Å²) in [6, 6.07) is 12.9. The molecule has 0 radical (unpaired) electrons. The lowest BCUT2D eigenvalue weighted by Crippen LogP contribution is -2.31. The van der Waals surface area contributed by atoms with Crippen molar-refractivity contribution in [3.05, 3.63) is 99.1 Å². The molecule has 1 unspecified atom stereocenters. The van der Waals surface area contributed by atoms with Gasteiger partial charge in [-0.2, -0.15) is 26.3 Å². The Morgan fingerprint density at radius 2 is 1.28 bits per heavy atom. The Kier molecular flexibility index (Phi) is 7.63. The molecule has 3 rings (SSSR count). The third-order valence-corrected chi connectivity index (χ3v) is 6.47. The summed E-state index contributed by atoms with van der Waals surface area (Å²) in [5, 5.41) is 3.66. The van der Waals surface area contributed by atoms with Gasteiger partial charge in [0.25, 0.3) is 0 Å². The fourth-order valence-electron chi connectivity index (χ4n) is 4.30. The van der Waals surface area contributed by atoms with Gasteiger partial charge in [-0.05, 0) is 80.1 Å². The lowest BCUT2D eigenvalue weighted by atomic mass is 9.87. The molecule has 0 saturated heterocycles. The summed E-state index contributed by atoms with van der Waals surface area (Å²) in [5.41, 5.74) is 2.87. The molecule has 1 atom stereocenters. The fraction of sp³-hybridized carbons (Fsp3) is 0.310. The fourth-order valence-corrected chi connectivity index (χ4v) is 4.30. The van der Waals surface area contributed by atoms with E-state index in [1.54, 1.807) is 12.1 Å². The predicted molar refractivity (Wildman–Crippen MR) is 134 cm³/mol. The number of hydrogen-bond donors (Lipinski definition) is 1. The maximum Gasteiger partial charge on any atom is 0.416 e. The molecule has 0 aliphatic rings. The van der Waals surface area contributed by atoms with Crippen LogP contribution in [0.4, 0.5) is 32.0 Å². The van der Waals surface area contributed by atoms with Crippen molar-refractivity contribution in [3.8, 4) is 0 Å². The first-order valence-electron chi connectivity index (χ1n) is 11.6. The van der Waals surface area contributed by atoms with Crippen LogP contribution in [0.2, 0.25) is 0 Å². The second kappa shape index (κ2) is 10.0. The van der Waals surface area contributed by atoms with Gasteiger partial charge in [0.05, 0.1) is 16.7 Å². The van der Waals surface area contributed by atoms with E-state index in [0.717, 1.165) is 34.9 Å². The van der Waals surface area contributed by atoms with Crippen LogP contribution < -0.4 is 5.32 Å². The van der Waals surface area contributed by atoms with Crippen molar-refractivity contribution in [1.82, 2.24) is 0 Å². The van der Waals surface area contributed by atoms with Crippen molar-refractivity contribution in [1.29, 1.82) is 0 Å². The van der Waals surface area contributed by atoms with E-state index in [-0.39, 0.29) is 0 Å². The lowest BCUT2D eigenvalue weighted by molar-refractivity contribution is -0.141. The molecule has 3 aromatic carbocycles. The summed E-state index contributed by atoms with van der Waals surface area (Å²) in [6.07, 6.45) is -6.27. The van der Waals surface area contributed by atoms with Crippen molar-refractivity contribution < 1.29 is 26.3 Å². The highest BCUT2D eigenvalue weighted by Gasteiger charge is 2.36. The number of aryl methyl sites for hydroxylation is 3. The van der Waals surface area contributed by atoms with Gasteiger partial charge >= 0.3 is 12.4 Å². The minimum absolute atomic E-state index is 0.405. The molecule has 1 N–H and O–H groups in total. The normalized spacial score (nSPS) is 14.2. The molecule has 0 aliphatic carbocycles. The zero-order valence-corrected chi connectivity index (χ0v) is 20.8. The highest BCUT2D eigenvalue weighted by atomic mass is 19.4. The largest absolute Gasteiger partial charge is 0.416 e. The molecule has 0 amide bonds. The minimum atomic E-state index is -4.77. The monoisotopic (exact) mass is 505 g/mol. The highest BCUT2D eigenvalue weighted by Crippen LogP contribution is 2.38. The number of rotatable bonds is 6. The van der Waals surface area contributed by atoms with E-state index in [1.165, 1.54) is 11.6 Å². The number of hydrogen-bond acceptors (Lipinski definition) is 1. The van der Waals surface area contributed by atoms with E-state index in [2.05, 4.69) is 45.1 Å². The molecule has 3 aromatic rings. The Bertz CT molecular complexity index is 1230. The maximum atomic E-state index is 13.4. The van der Waals surface area contributed by atoms with Crippen molar-refractivity contribution >= 4 is 17.8 Å². The van der Waals surface area contributed by atoms with E-state index in [9.17, 15) is 26.3 Å². The molecule has 0 saturated carbocycles. The molecular formula is C29H29F6N. The Balaban J connectivity index is 1.91. The van der Waals surface area contributed by atoms with Crippen LogP contribution in [0.1, 0.15) is 64.8 Å². The van der Waals surface area contributed by atoms with E-state index in [1.807, 2.05) is 19.1 Å². The summed E-state index contributed by atoms with van der Waals surface area (Å²) >= 11 is 0. The van der Waals surface area contributed by atoms with Gasteiger partial charge in [0.15, 0.2) is 0 Å². The Hall–Kier alpha value is -3.22. The van der Waals surface area contributed by atoms with Gasteiger partial charge in [0, 0.05) is 5.69 Å². The van der Waals surface area contributed by atoms with Crippen molar-refractivity contribution in [3.63, 3.8) is 0 Å². The molecule has 0 aliphatic heterocycles. The first-order valence-corrected chi connectivity index (χ1v) is 11.6. The van der Waals surface area contributed by atoms with E-state index in [4.69, 9.17) is 0 Å². The number of halogens is 6. The predicted octanol–water partition coefficient (Wildman–Crippen LogP) is 9.56. The van der Waals surface area contributed by atoms with Crippen molar-refractivity contribution in [2.45, 2.75) is 58.9 Å². The van der Waals surface area contributed by atoms with Crippen LogP contribution >= 0.6 is 0 Å². The molecule has 0 aromatic heterocycles. The average molecular weight is 506 g/mol. The maximum absolute atomic E-state index is 13.4. The zero-order valence-electron chi connectivity index (χ0n) is 20.8. The molecule has 0 fully saturated rings. The molecule has 7 heteroatoms. The van der Waals surface area contributed by atoms with Crippen LogP contribution in [0.15, 0.2) is 54.6 Å². The molecule has 192 valence electrons. The molecule has 1 nitrogen and oxygen atoms in total. The average Bonchev–Trinajstić information content (AvgIpc) is 2.79. The number of nitrogens with one attached hydrogen (secondary N) is 1. The summed E-state index contributed by atoms with van der Waals surface area (Å²) in [4.78, 5) is 0. The number of anilines is 1. The van der Waals surface area contributed by atoms with E-state index < -0.39 is 34.6 Å². The van der Waals surface area contributed by atoms with E-state index in [0.29, 0.717) is 23.8 Å². The van der Waals surface area contributed by atoms with Crippen LogP contribution in [0.3, 0.4) is 0 Å². The molecule has 0 spiro atoms. The summed E-state index contributed by atoms with van der Waals surface area (Å²) in [6.45, 7) is 10.3. The molecule has 0 bridgehead atoms. The molecule has 0 heterocycles. The summed E-state index contributed by atoms with van der Waals surface area (Å²) in [7, 11) is 0. The topological polar surface area (TPSA) is 12.0 Å². The Morgan fingerprint density at radius 1 is 0.722 bits per heavy atom. The highest BCUT2D eigenvalue weighted by molar-refractivity contribution is 5.72. The zero-order chi connectivity index (χ0) is 26.9. The quantitative estimate of drug-likeness (QED) is 0.260. The van der Waals surface area contributed by atoms with Gasteiger partial charge in [-0.15, -0.1) is 0 Å². The Labute approximate surface area is 207 Å². The summed E-state index contributed by atoms with van der Waals surface area (Å²) in [5.74, 6) is 0. The first kappa shape index (κ1) is 27.4. The third-order valence-electron chi connectivity index (χ3n) is 6.47. The molecular weight excluding hydrogens is 476 g/mol. The minimum Gasteiger partial charge on any atom is -0.375 e. The van der Waals surface area contributed by atoms with Gasteiger partial charge < -0.3 is 5.32 Å². The second-order valence-electron chi connectivity index (χ2n) is 9.34. The van der Waals surface area contributed by atoms with Crippen LogP contribution in [0.25, 0.3) is 12.2 Å². The van der Waals surface area contributed by atoms with Crippen molar-refractivity contribution in [2.24, 2.45) is 0 Å². The lowest BCUT2D eigenvalue weighted by Gasteiger charge is -2.33. The van der Waals surface area contributed by atoms with Gasteiger partial charge in [0.1, 0.15) is 0 Å². The van der Waals surface area contributed by atoms with Gasteiger partial charge in [-0.3, -0.25) is 0 Å².